The number of halogens is 1. The highest BCUT2D eigenvalue weighted by atomic mass is 79.9. The van der Waals surface area contributed by atoms with Gasteiger partial charge in [0, 0.05) is 35.3 Å². The minimum absolute atomic E-state index is 0.183. The van der Waals surface area contributed by atoms with Gasteiger partial charge in [0.25, 0.3) is 0 Å². The molecule has 29 heavy (non-hydrogen) atoms. The van der Waals surface area contributed by atoms with E-state index in [2.05, 4.69) is 42.5 Å². The van der Waals surface area contributed by atoms with Gasteiger partial charge >= 0.3 is 0 Å². The molecule has 4 heterocycles. The van der Waals surface area contributed by atoms with E-state index < -0.39 is 5.41 Å². The number of carbonyl (C=O) groups is 1. The van der Waals surface area contributed by atoms with Gasteiger partial charge in [-0.2, -0.15) is 0 Å². The van der Waals surface area contributed by atoms with E-state index >= 15 is 0 Å². The first-order valence-corrected chi connectivity index (χ1v) is 11.7. The predicted molar refractivity (Wildman–Crippen MR) is 121 cm³/mol. The lowest BCUT2D eigenvalue weighted by atomic mass is 9.74. The Kier molecular flexibility index (Phi) is 4.84. The van der Waals surface area contributed by atoms with Crippen LogP contribution in [0.25, 0.3) is 10.8 Å². The molecule has 2 aliphatic rings. The van der Waals surface area contributed by atoms with Crippen LogP contribution in [0.5, 0.6) is 0 Å². The number of carbonyl (C=O) groups excluding carboxylic acids is 1. The molecule has 0 N–H and O–H groups in total. The number of fused-ring (bicyclic) bond motifs is 3. The van der Waals surface area contributed by atoms with Gasteiger partial charge in [0.1, 0.15) is 0 Å². The summed E-state index contributed by atoms with van der Waals surface area (Å²) in [5, 5.41) is 2.19. The van der Waals surface area contributed by atoms with Gasteiger partial charge in [0.2, 0.25) is 5.91 Å². The Labute approximate surface area is 182 Å². The zero-order valence-corrected chi connectivity index (χ0v) is 18.5. The predicted octanol–water partition coefficient (Wildman–Crippen LogP) is 4.55. The van der Waals surface area contributed by atoms with Gasteiger partial charge in [-0.1, -0.05) is 36.2 Å². The molecule has 0 aliphatic carbocycles. The summed E-state index contributed by atoms with van der Waals surface area (Å²) in [6, 6.07) is 10.2. The van der Waals surface area contributed by atoms with Crippen molar-refractivity contribution < 1.29 is 4.79 Å². The Morgan fingerprint density at radius 3 is 2.76 bits per heavy atom. The second-order valence-electron chi connectivity index (χ2n) is 7.58. The zero-order chi connectivity index (χ0) is 20.0. The molecular weight excluding hydrogens is 448 g/mol. The molecular formula is C22H21BrN4OS. The highest BCUT2D eigenvalue weighted by Crippen LogP contribution is 2.48. The number of pyridine rings is 2. The number of rotatable bonds is 3. The molecule has 148 valence electrons. The van der Waals surface area contributed by atoms with Gasteiger partial charge in [-0.05, 0) is 52.0 Å². The molecule has 1 aromatic carbocycles. The number of nitrogens with zero attached hydrogens (tertiary/aromatic N) is 4. The van der Waals surface area contributed by atoms with Crippen LogP contribution < -0.4 is 4.90 Å². The van der Waals surface area contributed by atoms with Crippen LogP contribution in [0, 0.1) is 0 Å². The zero-order valence-electron chi connectivity index (χ0n) is 16.1. The van der Waals surface area contributed by atoms with Crippen LogP contribution >= 0.6 is 27.9 Å². The highest BCUT2D eigenvalue weighted by Gasteiger charge is 2.52. The summed E-state index contributed by atoms with van der Waals surface area (Å²) >= 11 is 5.48. The summed E-state index contributed by atoms with van der Waals surface area (Å²) in [7, 11) is 0. The first kappa shape index (κ1) is 19.0. The quantitative estimate of drug-likeness (QED) is 0.527. The summed E-state index contributed by atoms with van der Waals surface area (Å²) < 4.78 is 3.29. The van der Waals surface area contributed by atoms with E-state index in [1.807, 2.05) is 47.8 Å². The van der Waals surface area contributed by atoms with Gasteiger partial charge in [-0.3, -0.25) is 19.1 Å². The molecule has 0 saturated carbocycles. The number of aromatic nitrogens is 2. The maximum atomic E-state index is 13.7. The van der Waals surface area contributed by atoms with Crippen LogP contribution in [0.2, 0.25) is 0 Å². The number of hydrogen-bond acceptors (Lipinski definition) is 5. The molecule has 0 unspecified atom stereocenters. The third kappa shape index (κ3) is 2.98. The molecule has 1 fully saturated rings. The SMILES string of the molecule is CSN1CCC2(CC1)C(=O)N(Cc1ncc3ccccc3c1Br)c1cnccc12. The molecule has 2 aromatic heterocycles. The van der Waals surface area contributed by atoms with Crippen molar-refractivity contribution in [3.05, 3.63) is 64.7 Å². The highest BCUT2D eigenvalue weighted by molar-refractivity contribution is 9.10. The third-order valence-corrected chi connectivity index (χ3v) is 7.98. The first-order valence-electron chi connectivity index (χ1n) is 9.72. The van der Waals surface area contributed by atoms with E-state index in [9.17, 15) is 4.79 Å². The third-order valence-electron chi connectivity index (χ3n) is 6.21. The Hall–Kier alpha value is -1.96. The van der Waals surface area contributed by atoms with Crippen LogP contribution in [0.1, 0.15) is 24.1 Å². The maximum absolute atomic E-state index is 13.7. The molecule has 1 spiro atoms. The van der Waals surface area contributed by atoms with E-state index in [1.165, 1.54) is 0 Å². The topological polar surface area (TPSA) is 49.3 Å². The molecule has 0 bridgehead atoms. The van der Waals surface area contributed by atoms with E-state index in [4.69, 9.17) is 0 Å². The monoisotopic (exact) mass is 468 g/mol. The van der Waals surface area contributed by atoms with Gasteiger partial charge < -0.3 is 4.90 Å². The summed E-state index contributed by atoms with van der Waals surface area (Å²) in [6.07, 6.45) is 9.30. The fourth-order valence-corrected chi connectivity index (χ4v) is 5.75. The van der Waals surface area contributed by atoms with Crippen molar-refractivity contribution in [2.24, 2.45) is 0 Å². The van der Waals surface area contributed by atoms with Crippen molar-refractivity contribution in [1.29, 1.82) is 0 Å². The largest absolute Gasteiger partial charge is 0.304 e. The summed E-state index contributed by atoms with van der Waals surface area (Å²) in [5.41, 5.74) is 2.48. The van der Waals surface area contributed by atoms with E-state index in [0.717, 1.165) is 58.1 Å². The average Bonchev–Trinajstić information content (AvgIpc) is 2.99. The molecule has 3 aromatic rings. The van der Waals surface area contributed by atoms with E-state index in [1.54, 1.807) is 11.9 Å². The lowest BCUT2D eigenvalue weighted by molar-refractivity contribution is -0.124. The van der Waals surface area contributed by atoms with Gasteiger partial charge in [0.05, 0.1) is 29.5 Å². The molecule has 5 nitrogen and oxygen atoms in total. The lowest BCUT2D eigenvalue weighted by Crippen LogP contribution is -2.47. The number of amides is 1. The van der Waals surface area contributed by atoms with Crippen molar-refractivity contribution in [2.45, 2.75) is 24.8 Å². The van der Waals surface area contributed by atoms with E-state index in [-0.39, 0.29) is 5.91 Å². The minimum Gasteiger partial charge on any atom is -0.304 e. The molecule has 5 rings (SSSR count). The Morgan fingerprint density at radius 1 is 1.17 bits per heavy atom. The van der Waals surface area contributed by atoms with Gasteiger partial charge in [-0.15, -0.1) is 0 Å². The maximum Gasteiger partial charge on any atom is 0.238 e. The van der Waals surface area contributed by atoms with Crippen LogP contribution in [-0.2, 0) is 16.8 Å². The Morgan fingerprint density at radius 2 is 1.97 bits per heavy atom. The smallest absolute Gasteiger partial charge is 0.238 e. The second-order valence-corrected chi connectivity index (χ2v) is 9.26. The van der Waals surface area contributed by atoms with Crippen LogP contribution in [0.3, 0.4) is 0 Å². The van der Waals surface area contributed by atoms with Crippen molar-refractivity contribution >= 4 is 50.2 Å². The van der Waals surface area contributed by atoms with Crippen LogP contribution in [-0.4, -0.2) is 39.5 Å². The van der Waals surface area contributed by atoms with Crippen molar-refractivity contribution in [1.82, 2.24) is 14.3 Å². The van der Waals surface area contributed by atoms with Crippen molar-refractivity contribution in [3.63, 3.8) is 0 Å². The van der Waals surface area contributed by atoms with Crippen molar-refractivity contribution in [3.8, 4) is 0 Å². The molecule has 1 amide bonds. The minimum atomic E-state index is -0.437. The molecule has 0 radical (unpaired) electrons. The van der Waals surface area contributed by atoms with Crippen LogP contribution in [0.4, 0.5) is 5.69 Å². The second kappa shape index (κ2) is 7.38. The number of piperidine rings is 1. The summed E-state index contributed by atoms with van der Waals surface area (Å²) in [6.45, 7) is 2.28. The van der Waals surface area contributed by atoms with Gasteiger partial charge in [-0.25, -0.2) is 0 Å². The number of hydrogen-bond donors (Lipinski definition) is 0. The molecule has 1 saturated heterocycles. The standard InChI is InChI=1S/C22H21BrN4OS/c1-29-26-10-7-22(8-11-26)17-6-9-24-13-19(17)27(21(22)28)14-18-20(23)16-5-3-2-4-15(16)12-25-18/h2-6,9,12-13H,7-8,10-11,14H2,1H3. The first-order chi connectivity index (χ1) is 14.1. The van der Waals surface area contributed by atoms with Crippen LogP contribution in [0.15, 0.2) is 53.4 Å². The normalized spacial score (nSPS) is 18.6. The fraction of sp³-hybridized carbons (Fsp3) is 0.318. The molecule has 7 heteroatoms. The molecule has 2 aliphatic heterocycles. The number of anilines is 1. The Bertz CT molecular complexity index is 1100. The Balaban J connectivity index is 1.53. The lowest BCUT2D eigenvalue weighted by Gasteiger charge is -2.37. The van der Waals surface area contributed by atoms with Gasteiger partial charge in [0.15, 0.2) is 0 Å². The average molecular weight is 469 g/mol. The van der Waals surface area contributed by atoms with E-state index in [0.29, 0.717) is 6.54 Å². The summed E-state index contributed by atoms with van der Waals surface area (Å²) in [4.78, 5) is 24.6. The summed E-state index contributed by atoms with van der Waals surface area (Å²) in [5.74, 6) is 0.183. The van der Waals surface area contributed by atoms with Crippen molar-refractivity contribution in [2.75, 3.05) is 24.2 Å². The fourth-order valence-electron chi connectivity index (χ4n) is 4.61. The molecule has 0 atom stereocenters. The number of benzene rings is 1.